The summed E-state index contributed by atoms with van der Waals surface area (Å²) >= 11 is 7.69. The van der Waals surface area contributed by atoms with E-state index in [-0.39, 0.29) is 0 Å². The van der Waals surface area contributed by atoms with Gasteiger partial charge in [-0.15, -0.1) is 11.3 Å². The first-order valence-corrected chi connectivity index (χ1v) is 8.50. The highest BCUT2D eigenvalue weighted by Gasteiger charge is 2.20. The molecule has 0 fully saturated rings. The third-order valence-electron chi connectivity index (χ3n) is 3.94. The molecule has 0 spiro atoms. The number of hydrogen-bond acceptors (Lipinski definition) is 5. The van der Waals surface area contributed by atoms with Crippen LogP contribution in [-0.4, -0.2) is 9.97 Å². The minimum atomic E-state index is 0.308. The van der Waals surface area contributed by atoms with E-state index < -0.39 is 0 Å². The van der Waals surface area contributed by atoms with Crippen LogP contribution < -0.4 is 11.1 Å². The van der Waals surface area contributed by atoms with Crippen LogP contribution in [0.3, 0.4) is 0 Å². The maximum Gasteiger partial charge on any atom is 0.223 e. The fourth-order valence-corrected chi connectivity index (χ4v) is 4.33. The summed E-state index contributed by atoms with van der Waals surface area (Å²) in [5.74, 6) is 1.10. The van der Waals surface area contributed by atoms with Crippen LogP contribution in [0.2, 0.25) is 5.02 Å². The van der Waals surface area contributed by atoms with E-state index in [4.69, 9.17) is 17.3 Å². The number of nitrogens with two attached hydrogens (primary N) is 1. The van der Waals surface area contributed by atoms with Crippen LogP contribution in [0.15, 0.2) is 24.3 Å². The van der Waals surface area contributed by atoms with Gasteiger partial charge in [-0.3, -0.25) is 0 Å². The van der Waals surface area contributed by atoms with Crippen molar-refractivity contribution >= 4 is 50.6 Å². The van der Waals surface area contributed by atoms with Crippen LogP contribution in [0.5, 0.6) is 0 Å². The molecule has 4 nitrogen and oxygen atoms in total. The zero-order chi connectivity index (χ0) is 15.1. The fraction of sp³-hybridized carbons (Fsp3) is 0.250. The predicted molar refractivity (Wildman–Crippen MR) is 93.2 cm³/mol. The first-order chi connectivity index (χ1) is 10.7. The van der Waals surface area contributed by atoms with Gasteiger partial charge in [-0.25, -0.2) is 4.98 Å². The molecule has 0 atom stereocenters. The summed E-state index contributed by atoms with van der Waals surface area (Å²) in [5.41, 5.74) is 8.22. The number of nitrogen functional groups attached to an aromatic ring is 1. The van der Waals surface area contributed by atoms with Gasteiger partial charge in [0.2, 0.25) is 5.95 Å². The van der Waals surface area contributed by atoms with Crippen molar-refractivity contribution in [1.82, 2.24) is 9.97 Å². The van der Waals surface area contributed by atoms with Crippen molar-refractivity contribution in [2.45, 2.75) is 25.7 Å². The van der Waals surface area contributed by atoms with Crippen LogP contribution >= 0.6 is 22.9 Å². The Balaban J connectivity index is 1.85. The summed E-state index contributed by atoms with van der Waals surface area (Å²) in [4.78, 5) is 11.3. The Labute approximate surface area is 137 Å². The first-order valence-electron chi connectivity index (χ1n) is 7.31. The van der Waals surface area contributed by atoms with Crippen LogP contribution in [0, 0.1) is 0 Å². The Morgan fingerprint density at radius 3 is 2.68 bits per heavy atom. The quantitative estimate of drug-likeness (QED) is 0.723. The topological polar surface area (TPSA) is 63.8 Å². The molecular weight excluding hydrogens is 316 g/mol. The summed E-state index contributed by atoms with van der Waals surface area (Å²) < 4.78 is 0. The Bertz CT molecular complexity index is 841. The van der Waals surface area contributed by atoms with Gasteiger partial charge >= 0.3 is 0 Å². The number of nitrogens with one attached hydrogen (secondary N) is 1. The number of halogens is 1. The molecule has 2 heterocycles. The smallest absolute Gasteiger partial charge is 0.223 e. The number of aromatic nitrogens is 2. The maximum absolute atomic E-state index is 5.94. The van der Waals surface area contributed by atoms with Crippen molar-refractivity contribution in [3.63, 3.8) is 0 Å². The Kier molecular flexibility index (Phi) is 3.39. The zero-order valence-electron chi connectivity index (χ0n) is 11.9. The lowest BCUT2D eigenvalue weighted by atomic mass is 9.97. The number of fused-ring (bicyclic) bond motifs is 3. The molecule has 0 radical (unpaired) electrons. The Morgan fingerprint density at radius 1 is 1.09 bits per heavy atom. The molecule has 2 aromatic heterocycles. The zero-order valence-corrected chi connectivity index (χ0v) is 13.5. The minimum absolute atomic E-state index is 0.308. The molecule has 1 aromatic carbocycles. The molecular formula is C16H15ClN4S. The van der Waals surface area contributed by atoms with Gasteiger partial charge in [0, 0.05) is 15.6 Å². The molecule has 3 aromatic rings. The first kappa shape index (κ1) is 13.8. The van der Waals surface area contributed by atoms with Crippen molar-refractivity contribution in [3.05, 3.63) is 39.7 Å². The third-order valence-corrected chi connectivity index (χ3v) is 5.38. The minimum Gasteiger partial charge on any atom is -0.368 e. The van der Waals surface area contributed by atoms with E-state index in [1.54, 1.807) is 11.3 Å². The summed E-state index contributed by atoms with van der Waals surface area (Å²) in [7, 11) is 0. The SMILES string of the molecule is Nc1nc(Nc2ccc(Cl)cc2)c2c3c(sc2n1)CCCC3. The van der Waals surface area contributed by atoms with E-state index in [0.717, 1.165) is 34.6 Å². The van der Waals surface area contributed by atoms with Crippen molar-refractivity contribution in [3.8, 4) is 0 Å². The molecule has 6 heteroatoms. The third kappa shape index (κ3) is 2.40. The van der Waals surface area contributed by atoms with Crippen LogP contribution in [0.4, 0.5) is 17.5 Å². The summed E-state index contributed by atoms with van der Waals surface area (Å²) in [5, 5.41) is 5.21. The van der Waals surface area contributed by atoms with E-state index in [0.29, 0.717) is 11.0 Å². The van der Waals surface area contributed by atoms with Gasteiger partial charge in [0.25, 0.3) is 0 Å². The number of nitrogens with zero attached hydrogens (tertiary/aromatic N) is 2. The van der Waals surface area contributed by atoms with Crippen LogP contribution in [-0.2, 0) is 12.8 Å². The van der Waals surface area contributed by atoms with Gasteiger partial charge in [-0.05, 0) is 55.5 Å². The number of aryl methyl sites for hydroxylation is 2. The molecule has 112 valence electrons. The Hall–Kier alpha value is -1.85. The van der Waals surface area contributed by atoms with Gasteiger partial charge in [-0.2, -0.15) is 4.98 Å². The predicted octanol–water partition coefficient (Wildman–Crippen LogP) is 4.55. The standard InChI is InChI=1S/C16H15ClN4S/c17-9-5-7-10(8-6-9)19-14-13-11-3-1-2-4-12(11)22-15(13)21-16(18)20-14/h5-8H,1-4H2,(H3,18,19,20,21). The van der Waals surface area contributed by atoms with Gasteiger partial charge < -0.3 is 11.1 Å². The van der Waals surface area contributed by atoms with Gasteiger partial charge in [0.1, 0.15) is 10.6 Å². The molecule has 0 saturated heterocycles. The summed E-state index contributed by atoms with van der Waals surface area (Å²) in [6, 6.07) is 7.58. The molecule has 0 amide bonds. The molecule has 22 heavy (non-hydrogen) atoms. The Morgan fingerprint density at radius 2 is 1.86 bits per heavy atom. The van der Waals surface area contributed by atoms with E-state index in [1.165, 1.54) is 23.3 Å². The molecule has 0 aliphatic heterocycles. The van der Waals surface area contributed by atoms with Crippen LogP contribution in [0.1, 0.15) is 23.3 Å². The number of anilines is 3. The van der Waals surface area contributed by atoms with Gasteiger partial charge in [-0.1, -0.05) is 11.6 Å². The van der Waals surface area contributed by atoms with Crippen molar-refractivity contribution in [2.75, 3.05) is 11.1 Å². The van der Waals surface area contributed by atoms with E-state index >= 15 is 0 Å². The fourth-order valence-electron chi connectivity index (χ4n) is 2.93. The number of rotatable bonds is 2. The highest BCUT2D eigenvalue weighted by molar-refractivity contribution is 7.19. The molecule has 0 unspecified atom stereocenters. The monoisotopic (exact) mass is 330 g/mol. The van der Waals surface area contributed by atoms with Gasteiger partial charge in [0.05, 0.1) is 5.39 Å². The maximum atomic E-state index is 5.94. The largest absolute Gasteiger partial charge is 0.368 e. The van der Waals surface area contributed by atoms with Crippen molar-refractivity contribution < 1.29 is 0 Å². The number of thiophene rings is 1. The summed E-state index contributed by atoms with van der Waals surface area (Å²) in [6.45, 7) is 0. The van der Waals surface area contributed by atoms with Crippen molar-refractivity contribution in [1.29, 1.82) is 0 Å². The lowest BCUT2D eigenvalue weighted by molar-refractivity contribution is 0.700. The second-order valence-corrected chi connectivity index (χ2v) is 6.97. The number of hydrogen-bond donors (Lipinski definition) is 2. The molecule has 3 N–H and O–H groups in total. The van der Waals surface area contributed by atoms with E-state index in [1.807, 2.05) is 24.3 Å². The second kappa shape index (κ2) is 5.41. The van der Waals surface area contributed by atoms with E-state index in [9.17, 15) is 0 Å². The van der Waals surface area contributed by atoms with Gasteiger partial charge in [0.15, 0.2) is 0 Å². The summed E-state index contributed by atoms with van der Waals surface area (Å²) in [6.07, 6.45) is 4.71. The normalized spacial score (nSPS) is 14.0. The van der Waals surface area contributed by atoms with E-state index in [2.05, 4.69) is 15.3 Å². The molecule has 0 bridgehead atoms. The highest BCUT2D eigenvalue weighted by atomic mass is 35.5. The second-order valence-electron chi connectivity index (χ2n) is 5.45. The van der Waals surface area contributed by atoms with Crippen molar-refractivity contribution in [2.24, 2.45) is 0 Å². The molecule has 4 rings (SSSR count). The highest BCUT2D eigenvalue weighted by Crippen LogP contribution is 2.39. The number of benzene rings is 1. The lowest BCUT2D eigenvalue weighted by Crippen LogP contribution is -2.03. The van der Waals surface area contributed by atoms with Crippen LogP contribution in [0.25, 0.3) is 10.2 Å². The average Bonchev–Trinajstić information content (AvgIpc) is 2.87. The lowest BCUT2D eigenvalue weighted by Gasteiger charge is -2.13. The molecule has 1 aliphatic rings. The molecule has 1 aliphatic carbocycles. The molecule has 0 saturated carbocycles. The average molecular weight is 331 g/mol.